The highest BCUT2D eigenvalue weighted by molar-refractivity contribution is 7.99. The van der Waals surface area contributed by atoms with Gasteiger partial charge in [-0.1, -0.05) is 11.8 Å². The van der Waals surface area contributed by atoms with E-state index in [9.17, 15) is 14.0 Å². The fourth-order valence-corrected chi connectivity index (χ4v) is 4.22. The fraction of sp³-hybridized carbons (Fsp3) is 0.364. The number of halogens is 1. The number of ether oxygens (including phenoxy) is 3. The number of ketones is 1. The lowest BCUT2D eigenvalue weighted by Crippen LogP contribution is -2.35. The number of esters is 1. The molecule has 3 rings (SSSR count). The third-order valence-electron chi connectivity index (χ3n) is 4.90. The maximum atomic E-state index is 14.3. The van der Waals surface area contributed by atoms with Gasteiger partial charge in [-0.15, -0.1) is 0 Å². The van der Waals surface area contributed by atoms with Gasteiger partial charge in [-0.25, -0.2) is 9.18 Å². The van der Waals surface area contributed by atoms with Crippen molar-refractivity contribution in [3.63, 3.8) is 0 Å². The van der Waals surface area contributed by atoms with Crippen molar-refractivity contribution in [1.82, 2.24) is 0 Å². The topological polar surface area (TPSA) is 61.8 Å². The summed E-state index contributed by atoms with van der Waals surface area (Å²) in [5, 5.41) is 0. The minimum absolute atomic E-state index is 0.148. The van der Waals surface area contributed by atoms with E-state index in [0.29, 0.717) is 26.1 Å². The summed E-state index contributed by atoms with van der Waals surface area (Å²) in [5.74, 6) is -1.89. The molecule has 1 fully saturated rings. The summed E-state index contributed by atoms with van der Waals surface area (Å²) in [7, 11) is 1.64. The molecular formula is C22H23FO5S. The summed E-state index contributed by atoms with van der Waals surface area (Å²) in [6.45, 7) is 2.94. The van der Waals surface area contributed by atoms with Crippen LogP contribution in [0.1, 0.15) is 35.7 Å². The minimum atomic E-state index is -0.871. The smallest absolute Gasteiger partial charge is 0.379 e. The fourth-order valence-electron chi connectivity index (χ4n) is 3.32. The molecule has 0 amide bonds. The predicted octanol–water partition coefficient (Wildman–Crippen LogP) is 4.37. The molecule has 7 heteroatoms. The molecule has 0 radical (unpaired) electrons. The lowest BCUT2D eigenvalue weighted by molar-refractivity contribution is -0.137. The average molecular weight is 418 g/mol. The van der Waals surface area contributed by atoms with Crippen LogP contribution in [-0.4, -0.2) is 38.7 Å². The van der Waals surface area contributed by atoms with Gasteiger partial charge in [0.2, 0.25) is 0 Å². The molecule has 0 spiro atoms. The van der Waals surface area contributed by atoms with Gasteiger partial charge in [0.1, 0.15) is 5.82 Å². The predicted molar refractivity (Wildman–Crippen MR) is 107 cm³/mol. The van der Waals surface area contributed by atoms with Crippen LogP contribution in [0, 0.1) is 5.82 Å². The highest BCUT2D eigenvalue weighted by atomic mass is 32.2. The molecule has 1 heterocycles. The number of hydrogen-bond acceptors (Lipinski definition) is 6. The van der Waals surface area contributed by atoms with Gasteiger partial charge in [-0.3, -0.25) is 4.79 Å². The number of benzene rings is 2. The van der Waals surface area contributed by atoms with Gasteiger partial charge in [0.05, 0.1) is 12.2 Å². The third kappa shape index (κ3) is 5.04. The SMILES string of the molecule is CCOC(=O)C(=O)c1ccc(Sc2cc(F)cc(C3(OC)CCOCC3)c2)cc1. The summed E-state index contributed by atoms with van der Waals surface area (Å²) >= 11 is 1.37. The molecule has 0 unspecified atom stereocenters. The van der Waals surface area contributed by atoms with Crippen molar-refractivity contribution < 1.29 is 28.2 Å². The molecule has 2 aromatic carbocycles. The van der Waals surface area contributed by atoms with E-state index in [1.807, 2.05) is 6.07 Å². The molecule has 0 atom stereocenters. The second-order valence-corrected chi connectivity index (χ2v) is 7.81. The van der Waals surface area contributed by atoms with Crippen LogP contribution in [0.5, 0.6) is 0 Å². The molecule has 1 aliphatic heterocycles. The number of carbonyl (C=O) groups excluding carboxylic acids is 2. The third-order valence-corrected chi connectivity index (χ3v) is 5.88. The van der Waals surface area contributed by atoms with Crippen molar-refractivity contribution in [3.8, 4) is 0 Å². The van der Waals surface area contributed by atoms with Crippen molar-refractivity contribution in [2.75, 3.05) is 26.9 Å². The summed E-state index contributed by atoms with van der Waals surface area (Å²) < 4.78 is 30.3. The van der Waals surface area contributed by atoms with Crippen molar-refractivity contribution >= 4 is 23.5 Å². The Balaban J connectivity index is 1.79. The highest BCUT2D eigenvalue weighted by Crippen LogP contribution is 2.38. The average Bonchev–Trinajstić information content (AvgIpc) is 2.74. The maximum Gasteiger partial charge on any atom is 0.379 e. The lowest BCUT2D eigenvalue weighted by Gasteiger charge is -2.36. The Morgan fingerprint density at radius 1 is 1.10 bits per heavy atom. The number of methoxy groups -OCH3 is 1. The number of Topliss-reactive ketones (excluding diaryl/α,β-unsaturated/α-hetero) is 1. The molecule has 2 aromatic rings. The Labute approximate surface area is 173 Å². The van der Waals surface area contributed by atoms with Crippen LogP contribution >= 0.6 is 11.8 Å². The molecule has 29 heavy (non-hydrogen) atoms. The normalized spacial score (nSPS) is 15.7. The Hall–Kier alpha value is -2.22. The summed E-state index contributed by atoms with van der Waals surface area (Å²) in [6, 6.07) is 11.5. The van der Waals surface area contributed by atoms with E-state index in [2.05, 4.69) is 0 Å². The second kappa shape index (κ2) is 9.52. The van der Waals surface area contributed by atoms with Crippen LogP contribution in [0.2, 0.25) is 0 Å². The van der Waals surface area contributed by atoms with Gasteiger partial charge in [-0.2, -0.15) is 0 Å². The van der Waals surface area contributed by atoms with E-state index in [4.69, 9.17) is 14.2 Å². The monoisotopic (exact) mass is 418 g/mol. The van der Waals surface area contributed by atoms with Crippen LogP contribution in [0.15, 0.2) is 52.3 Å². The summed E-state index contributed by atoms with van der Waals surface area (Å²) in [5.41, 5.74) is 0.499. The Kier molecular flexibility index (Phi) is 7.05. The van der Waals surface area contributed by atoms with Gasteiger partial charge < -0.3 is 14.2 Å². The van der Waals surface area contributed by atoms with Crippen LogP contribution in [0.25, 0.3) is 0 Å². The van der Waals surface area contributed by atoms with Crippen molar-refractivity contribution in [2.45, 2.75) is 35.2 Å². The molecule has 1 aliphatic rings. The number of hydrogen-bond donors (Lipinski definition) is 0. The van der Waals surface area contributed by atoms with E-state index in [1.165, 1.54) is 23.9 Å². The molecule has 1 saturated heterocycles. The Bertz CT molecular complexity index is 875. The lowest BCUT2D eigenvalue weighted by atomic mass is 9.86. The number of carbonyl (C=O) groups is 2. The molecule has 154 valence electrons. The van der Waals surface area contributed by atoms with Gasteiger partial charge in [0, 0.05) is 48.5 Å². The van der Waals surface area contributed by atoms with Crippen LogP contribution < -0.4 is 0 Å². The first-order valence-corrected chi connectivity index (χ1v) is 10.2. The Morgan fingerprint density at radius 3 is 2.41 bits per heavy atom. The zero-order valence-corrected chi connectivity index (χ0v) is 17.2. The molecule has 0 saturated carbocycles. The van der Waals surface area contributed by atoms with Gasteiger partial charge in [-0.05, 0) is 55.0 Å². The first kappa shape index (κ1) is 21.5. The highest BCUT2D eigenvalue weighted by Gasteiger charge is 2.35. The molecule has 0 bridgehead atoms. The number of rotatable bonds is 7. The quantitative estimate of drug-likeness (QED) is 0.378. The molecule has 0 N–H and O–H groups in total. The molecule has 0 aromatic heterocycles. The van der Waals surface area contributed by atoms with E-state index in [0.717, 1.165) is 15.4 Å². The van der Waals surface area contributed by atoms with Crippen molar-refractivity contribution in [1.29, 1.82) is 0 Å². The summed E-state index contributed by atoms with van der Waals surface area (Å²) in [6.07, 6.45) is 1.34. The van der Waals surface area contributed by atoms with E-state index in [1.54, 1.807) is 38.3 Å². The van der Waals surface area contributed by atoms with Crippen LogP contribution in [-0.2, 0) is 24.6 Å². The molecule has 0 aliphatic carbocycles. The van der Waals surface area contributed by atoms with Crippen molar-refractivity contribution in [3.05, 3.63) is 59.4 Å². The van der Waals surface area contributed by atoms with E-state index in [-0.39, 0.29) is 18.0 Å². The Morgan fingerprint density at radius 2 is 1.79 bits per heavy atom. The van der Waals surface area contributed by atoms with Gasteiger partial charge in [0.15, 0.2) is 0 Å². The minimum Gasteiger partial charge on any atom is -0.460 e. The largest absolute Gasteiger partial charge is 0.460 e. The zero-order chi connectivity index (χ0) is 20.9. The first-order chi connectivity index (χ1) is 14.0. The first-order valence-electron chi connectivity index (χ1n) is 9.41. The molecule has 5 nitrogen and oxygen atoms in total. The summed E-state index contributed by atoms with van der Waals surface area (Å²) in [4.78, 5) is 25.1. The van der Waals surface area contributed by atoms with Gasteiger partial charge in [0.25, 0.3) is 5.78 Å². The van der Waals surface area contributed by atoms with Gasteiger partial charge >= 0.3 is 5.97 Å². The van der Waals surface area contributed by atoms with E-state index < -0.39 is 17.4 Å². The van der Waals surface area contributed by atoms with Crippen molar-refractivity contribution in [2.24, 2.45) is 0 Å². The van der Waals surface area contributed by atoms with Crippen LogP contribution in [0.3, 0.4) is 0 Å². The van der Waals surface area contributed by atoms with E-state index >= 15 is 0 Å². The molecular weight excluding hydrogens is 395 g/mol. The maximum absolute atomic E-state index is 14.3. The zero-order valence-electron chi connectivity index (χ0n) is 16.4. The standard InChI is InChI=1S/C22H23FO5S/c1-3-28-21(25)20(24)15-4-6-18(7-5-15)29-19-13-16(12-17(23)14-19)22(26-2)8-10-27-11-9-22/h4-7,12-14H,3,8-11H2,1-2H3. The van der Waals surface area contributed by atoms with Crippen LogP contribution in [0.4, 0.5) is 4.39 Å². The second-order valence-electron chi connectivity index (χ2n) is 6.66.